The van der Waals surface area contributed by atoms with Gasteiger partial charge in [-0.3, -0.25) is 4.79 Å². The van der Waals surface area contributed by atoms with Crippen LogP contribution in [-0.2, 0) is 9.59 Å². The van der Waals surface area contributed by atoms with Crippen LogP contribution in [0, 0.1) is 0 Å². The molecule has 0 aromatic carbocycles. The maximum atomic E-state index is 11.3. The number of piperidine rings is 1. The number of aliphatic hydroxyl groups excluding tert-OH is 1. The SMILES string of the molecule is O=C(O)/C=C/C(=O)N1CCCC(O)C1. The summed E-state index contributed by atoms with van der Waals surface area (Å²) >= 11 is 0. The van der Waals surface area contributed by atoms with E-state index in [1.807, 2.05) is 0 Å². The molecular weight excluding hydrogens is 186 g/mol. The summed E-state index contributed by atoms with van der Waals surface area (Å²) in [6, 6.07) is 0. The van der Waals surface area contributed by atoms with E-state index in [1.165, 1.54) is 4.90 Å². The molecule has 1 heterocycles. The lowest BCUT2D eigenvalue weighted by Gasteiger charge is -2.29. The van der Waals surface area contributed by atoms with Gasteiger partial charge in [-0.1, -0.05) is 0 Å². The fourth-order valence-corrected chi connectivity index (χ4v) is 1.40. The minimum Gasteiger partial charge on any atom is -0.478 e. The number of hydrogen-bond donors (Lipinski definition) is 2. The average Bonchev–Trinajstić information content (AvgIpc) is 2.14. The molecular formula is C9H13NO4. The lowest BCUT2D eigenvalue weighted by molar-refractivity contribution is -0.133. The smallest absolute Gasteiger partial charge is 0.328 e. The minimum absolute atomic E-state index is 0.294. The van der Waals surface area contributed by atoms with E-state index in [4.69, 9.17) is 5.11 Å². The summed E-state index contributed by atoms with van der Waals surface area (Å²) in [4.78, 5) is 22.9. The van der Waals surface area contributed by atoms with Crippen molar-refractivity contribution in [3.63, 3.8) is 0 Å². The number of carboxylic acids is 1. The Morgan fingerprint density at radius 3 is 2.64 bits per heavy atom. The van der Waals surface area contributed by atoms with Crippen LogP contribution in [0.3, 0.4) is 0 Å². The van der Waals surface area contributed by atoms with Crippen molar-refractivity contribution in [1.29, 1.82) is 0 Å². The largest absolute Gasteiger partial charge is 0.478 e. The van der Waals surface area contributed by atoms with E-state index in [0.29, 0.717) is 19.5 Å². The van der Waals surface area contributed by atoms with Crippen LogP contribution in [0.2, 0.25) is 0 Å². The van der Waals surface area contributed by atoms with Crippen LogP contribution < -0.4 is 0 Å². The number of amides is 1. The number of carbonyl (C=O) groups is 2. The van der Waals surface area contributed by atoms with Gasteiger partial charge in [0.15, 0.2) is 0 Å². The maximum Gasteiger partial charge on any atom is 0.328 e. The van der Waals surface area contributed by atoms with Gasteiger partial charge in [0.2, 0.25) is 5.91 Å². The Kier molecular flexibility index (Phi) is 3.64. The van der Waals surface area contributed by atoms with Crippen LogP contribution in [0.15, 0.2) is 12.2 Å². The Balaban J connectivity index is 2.47. The van der Waals surface area contributed by atoms with E-state index in [0.717, 1.165) is 18.6 Å². The van der Waals surface area contributed by atoms with Gasteiger partial charge in [0, 0.05) is 25.2 Å². The van der Waals surface area contributed by atoms with Crippen molar-refractivity contribution in [2.24, 2.45) is 0 Å². The van der Waals surface area contributed by atoms with E-state index in [9.17, 15) is 14.7 Å². The van der Waals surface area contributed by atoms with Crippen molar-refractivity contribution >= 4 is 11.9 Å². The number of likely N-dealkylation sites (tertiary alicyclic amines) is 1. The minimum atomic E-state index is -1.14. The van der Waals surface area contributed by atoms with Gasteiger partial charge in [-0.25, -0.2) is 4.79 Å². The van der Waals surface area contributed by atoms with Crippen LogP contribution >= 0.6 is 0 Å². The second kappa shape index (κ2) is 4.76. The lowest BCUT2D eigenvalue weighted by atomic mass is 10.1. The van der Waals surface area contributed by atoms with Gasteiger partial charge in [0.1, 0.15) is 0 Å². The highest BCUT2D eigenvalue weighted by Gasteiger charge is 2.20. The van der Waals surface area contributed by atoms with E-state index in [-0.39, 0.29) is 5.91 Å². The lowest BCUT2D eigenvalue weighted by Crippen LogP contribution is -2.41. The molecule has 2 N–H and O–H groups in total. The van der Waals surface area contributed by atoms with Crippen LogP contribution in [0.4, 0.5) is 0 Å². The molecule has 5 heteroatoms. The van der Waals surface area contributed by atoms with Gasteiger partial charge < -0.3 is 15.1 Å². The third kappa shape index (κ3) is 3.18. The molecule has 1 rings (SSSR count). The third-order valence-corrected chi connectivity index (χ3v) is 2.08. The molecule has 0 spiro atoms. The molecule has 1 aliphatic rings. The quantitative estimate of drug-likeness (QED) is 0.594. The second-order valence-corrected chi connectivity index (χ2v) is 3.25. The van der Waals surface area contributed by atoms with Crippen LogP contribution in [0.1, 0.15) is 12.8 Å². The van der Waals surface area contributed by atoms with Gasteiger partial charge in [-0.15, -0.1) is 0 Å². The first-order chi connectivity index (χ1) is 6.59. The van der Waals surface area contributed by atoms with Gasteiger partial charge >= 0.3 is 5.97 Å². The van der Waals surface area contributed by atoms with Crippen molar-refractivity contribution in [2.45, 2.75) is 18.9 Å². The Morgan fingerprint density at radius 2 is 2.07 bits per heavy atom. The molecule has 78 valence electrons. The van der Waals surface area contributed by atoms with Crippen molar-refractivity contribution in [1.82, 2.24) is 4.90 Å². The molecule has 5 nitrogen and oxygen atoms in total. The average molecular weight is 199 g/mol. The number of carbonyl (C=O) groups excluding carboxylic acids is 1. The summed E-state index contributed by atoms with van der Waals surface area (Å²) in [5.74, 6) is -1.50. The van der Waals surface area contributed by atoms with Gasteiger partial charge in [-0.2, -0.15) is 0 Å². The molecule has 1 amide bonds. The molecule has 1 aliphatic heterocycles. The highest BCUT2D eigenvalue weighted by atomic mass is 16.4. The van der Waals surface area contributed by atoms with E-state index >= 15 is 0 Å². The molecule has 14 heavy (non-hydrogen) atoms. The van der Waals surface area contributed by atoms with E-state index < -0.39 is 12.1 Å². The number of nitrogens with zero attached hydrogens (tertiary/aromatic N) is 1. The molecule has 1 atom stereocenters. The van der Waals surface area contributed by atoms with Crippen molar-refractivity contribution in [3.05, 3.63) is 12.2 Å². The molecule has 0 radical (unpaired) electrons. The topological polar surface area (TPSA) is 77.8 Å². The molecule has 0 aromatic rings. The van der Waals surface area contributed by atoms with Crippen molar-refractivity contribution in [3.8, 4) is 0 Å². The normalized spacial score (nSPS) is 22.6. The van der Waals surface area contributed by atoms with Crippen molar-refractivity contribution < 1.29 is 19.8 Å². The summed E-state index contributed by atoms with van der Waals surface area (Å²) in [6.45, 7) is 0.878. The number of carboxylic acid groups (broad SMARTS) is 1. The summed E-state index contributed by atoms with van der Waals surface area (Å²) in [7, 11) is 0. The monoisotopic (exact) mass is 199 g/mol. The predicted molar refractivity (Wildman–Crippen MR) is 48.6 cm³/mol. The zero-order valence-corrected chi connectivity index (χ0v) is 7.72. The van der Waals surface area contributed by atoms with Crippen LogP contribution in [0.5, 0.6) is 0 Å². The Hall–Kier alpha value is -1.36. The number of rotatable bonds is 2. The number of hydrogen-bond acceptors (Lipinski definition) is 3. The highest BCUT2D eigenvalue weighted by molar-refractivity contribution is 5.93. The molecule has 0 aromatic heterocycles. The summed E-state index contributed by atoms with van der Waals surface area (Å²) in [5.41, 5.74) is 0. The fraction of sp³-hybridized carbons (Fsp3) is 0.556. The predicted octanol–water partition coefficient (Wildman–Crippen LogP) is -0.390. The fourth-order valence-electron chi connectivity index (χ4n) is 1.40. The van der Waals surface area contributed by atoms with Crippen LogP contribution in [-0.4, -0.2) is 46.2 Å². The Bertz CT molecular complexity index is 262. The van der Waals surface area contributed by atoms with Crippen molar-refractivity contribution in [2.75, 3.05) is 13.1 Å². The number of aliphatic hydroxyl groups is 1. The first kappa shape index (κ1) is 10.7. The van der Waals surface area contributed by atoms with E-state index in [1.54, 1.807) is 0 Å². The number of β-amino-alcohol motifs (C(OH)–C–C–N with tert-alkyl or cyclic N) is 1. The Labute approximate surface area is 81.6 Å². The maximum absolute atomic E-state index is 11.3. The number of aliphatic carboxylic acids is 1. The molecule has 1 unspecified atom stereocenters. The van der Waals surface area contributed by atoms with Gasteiger partial charge in [0.25, 0.3) is 0 Å². The first-order valence-corrected chi connectivity index (χ1v) is 4.47. The third-order valence-electron chi connectivity index (χ3n) is 2.08. The second-order valence-electron chi connectivity index (χ2n) is 3.25. The van der Waals surface area contributed by atoms with Crippen LogP contribution in [0.25, 0.3) is 0 Å². The first-order valence-electron chi connectivity index (χ1n) is 4.47. The summed E-state index contributed by atoms with van der Waals surface area (Å²) < 4.78 is 0. The van der Waals surface area contributed by atoms with E-state index in [2.05, 4.69) is 0 Å². The molecule has 1 saturated heterocycles. The molecule has 0 bridgehead atoms. The zero-order chi connectivity index (χ0) is 10.6. The summed E-state index contributed by atoms with van der Waals surface area (Å²) in [5, 5.41) is 17.6. The van der Waals surface area contributed by atoms with Gasteiger partial charge in [-0.05, 0) is 12.8 Å². The van der Waals surface area contributed by atoms with Gasteiger partial charge in [0.05, 0.1) is 6.10 Å². The molecule has 1 fully saturated rings. The summed E-state index contributed by atoms with van der Waals surface area (Å²) in [6.07, 6.45) is 2.80. The Morgan fingerprint density at radius 1 is 1.36 bits per heavy atom. The zero-order valence-electron chi connectivity index (χ0n) is 7.72. The molecule has 0 saturated carbocycles. The highest BCUT2D eigenvalue weighted by Crippen LogP contribution is 2.09. The molecule has 0 aliphatic carbocycles. The standard InChI is InChI=1S/C9H13NO4/c11-7-2-1-5-10(6-7)8(12)3-4-9(13)14/h3-4,7,11H,1-2,5-6H2,(H,13,14)/b4-3+.